The Morgan fingerprint density at radius 3 is 2.62 bits per heavy atom. The van der Waals surface area contributed by atoms with Gasteiger partial charge in [0.25, 0.3) is 12.2 Å². The number of aryl methyl sites for hydroxylation is 2. The number of hydrogen-bond acceptors (Lipinski definition) is 5. The Morgan fingerprint density at radius 1 is 1.12 bits per heavy atom. The quantitative estimate of drug-likeness (QED) is 0.395. The van der Waals surface area contributed by atoms with Gasteiger partial charge in [-0.2, -0.15) is 4.98 Å². The normalized spacial score (nSPS) is 12.2. The summed E-state index contributed by atoms with van der Waals surface area (Å²) in [5.74, 6) is 0.271. The molecule has 32 heavy (non-hydrogen) atoms. The van der Waals surface area contributed by atoms with E-state index < -0.39 is 18.8 Å². The highest BCUT2D eigenvalue weighted by Crippen LogP contribution is 2.34. The second-order valence-electron chi connectivity index (χ2n) is 9.02. The number of nitrogens with zero attached hydrogens (tertiary/aromatic N) is 6. The van der Waals surface area contributed by atoms with Crippen molar-refractivity contribution in [3.63, 3.8) is 0 Å². The first-order valence-corrected chi connectivity index (χ1v) is 10.4. The van der Waals surface area contributed by atoms with E-state index in [0.29, 0.717) is 23.4 Å². The zero-order valence-electron chi connectivity index (χ0n) is 18.5. The molecular weight excluding hydrogens is 417 g/mol. The van der Waals surface area contributed by atoms with Gasteiger partial charge >= 0.3 is 0 Å². The van der Waals surface area contributed by atoms with Gasteiger partial charge in [-0.25, -0.2) is 13.2 Å². The number of fused-ring (bicyclic) bond motifs is 3. The maximum Gasteiger partial charge on any atom is 0.257 e. The van der Waals surface area contributed by atoms with Crippen molar-refractivity contribution in [2.45, 2.75) is 47.0 Å². The lowest BCUT2D eigenvalue weighted by Crippen LogP contribution is -2.26. The Bertz CT molecular complexity index is 1260. The van der Waals surface area contributed by atoms with Crippen LogP contribution in [0.4, 0.5) is 24.7 Å². The molecule has 0 unspecified atom stereocenters. The fourth-order valence-corrected chi connectivity index (χ4v) is 3.70. The highest BCUT2D eigenvalue weighted by Gasteiger charge is 2.24. The van der Waals surface area contributed by atoms with Crippen molar-refractivity contribution in [1.29, 1.82) is 0 Å². The summed E-state index contributed by atoms with van der Waals surface area (Å²) in [5.41, 5.74) is 1.83. The van der Waals surface area contributed by atoms with Gasteiger partial charge in [0.15, 0.2) is 0 Å². The first-order chi connectivity index (χ1) is 15.1. The number of hydrogen-bond donors (Lipinski definition) is 0. The average molecular weight is 442 g/mol. The van der Waals surface area contributed by atoms with Gasteiger partial charge in [0, 0.05) is 17.6 Å². The maximum absolute atomic E-state index is 15.0. The van der Waals surface area contributed by atoms with Gasteiger partial charge in [0.1, 0.15) is 17.5 Å². The van der Waals surface area contributed by atoms with E-state index in [0.717, 1.165) is 12.1 Å². The summed E-state index contributed by atoms with van der Waals surface area (Å²) >= 11 is 0. The van der Waals surface area contributed by atoms with E-state index in [1.54, 1.807) is 41.8 Å². The summed E-state index contributed by atoms with van der Waals surface area (Å²) in [5, 5.41) is 8.20. The third-order valence-corrected chi connectivity index (χ3v) is 5.29. The van der Waals surface area contributed by atoms with Gasteiger partial charge in [-0.05, 0) is 49.4 Å². The largest absolute Gasteiger partial charge is 0.320 e. The van der Waals surface area contributed by atoms with Crippen LogP contribution >= 0.6 is 0 Å². The highest BCUT2D eigenvalue weighted by molar-refractivity contribution is 5.94. The van der Waals surface area contributed by atoms with Crippen LogP contribution in [0.3, 0.4) is 0 Å². The summed E-state index contributed by atoms with van der Waals surface area (Å²) in [7, 11) is 0. The lowest BCUT2D eigenvalue weighted by atomic mass is 9.90. The number of rotatable bonds is 6. The summed E-state index contributed by atoms with van der Waals surface area (Å²) in [4.78, 5) is 10.2. The van der Waals surface area contributed by atoms with Crippen LogP contribution in [0.25, 0.3) is 16.7 Å². The minimum Gasteiger partial charge on any atom is -0.320 e. The van der Waals surface area contributed by atoms with Crippen LogP contribution < -0.4 is 4.90 Å². The molecule has 0 atom stereocenters. The Kier molecular flexibility index (Phi) is 5.75. The molecule has 0 bridgehead atoms. The van der Waals surface area contributed by atoms with E-state index >= 15 is 4.39 Å². The first kappa shape index (κ1) is 22.0. The molecule has 9 heteroatoms. The van der Waals surface area contributed by atoms with E-state index in [1.165, 1.54) is 11.0 Å². The second-order valence-corrected chi connectivity index (χ2v) is 9.02. The van der Waals surface area contributed by atoms with Crippen molar-refractivity contribution in [3.05, 3.63) is 53.9 Å². The lowest BCUT2D eigenvalue weighted by Gasteiger charge is -2.26. The number of aromatic nitrogens is 5. The predicted molar refractivity (Wildman–Crippen MR) is 118 cm³/mol. The van der Waals surface area contributed by atoms with Crippen LogP contribution in [-0.4, -0.2) is 37.5 Å². The molecule has 0 aliphatic carbocycles. The van der Waals surface area contributed by atoms with E-state index in [2.05, 4.69) is 40.9 Å². The van der Waals surface area contributed by atoms with Crippen LogP contribution in [0.5, 0.6) is 0 Å². The Labute approximate surface area is 184 Å². The Hall–Kier alpha value is -3.23. The molecule has 0 N–H and O–H groups in total. The lowest BCUT2D eigenvalue weighted by molar-refractivity contribution is 0.158. The molecular formula is C23H25F3N6. The van der Waals surface area contributed by atoms with E-state index in [9.17, 15) is 8.78 Å². The molecule has 0 aliphatic heterocycles. The molecule has 0 radical (unpaired) electrons. The molecule has 0 amide bonds. The van der Waals surface area contributed by atoms with E-state index in [1.807, 2.05) is 0 Å². The van der Waals surface area contributed by atoms with Crippen LogP contribution in [0.1, 0.15) is 38.7 Å². The molecule has 0 spiro atoms. The van der Waals surface area contributed by atoms with Crippen LogP contribution in [0.2, 0.25) is 0 Å². The standard InChI is InChI=1S/C23H25F3N6/c1-14-29-30-22-28-21(20-17(24)6-5-7-18(20)32(14)22)31(13-19(25)26)16-9-11-27-15(12-16)8-10-23(2,3)4/h5-7,9,11-12,19H,8,10,13H2,1-4H3. The van der Waals surface area contributed by atoms with Crippen LogP contribution in [0.15, 0.2) is 36.5 Å². The fourth-order valence-electron chi connectivity index (χ4n) is 3.70. The number of pyridine rings is 1. The zero-order chi connectivity index (χ0) is 23.0. The number of halogens is 3. The van der Waals surface area contributed by atoms with Gasteiger partial charge in [-0.3, -0.25) is 9.38 Å². The second kappa shape index (κ2) is 8.37. The van der Waals surface area contributed by atoms with Crippen molar-refractivity contribution in [3.8, 4) is 0 Å². The molecule has 4 aromatic rings. The summed E-state index contributed by atoms with van der Waals surface area (Å²) < 4.78 is 44.0. The van der Waals surface area contributed by atoms with Gasteiger partial charge < -0.3 is 4.90 Å². The SMILES string of the molecule is Cc1nnc2nc(N(CC(F)F)c3ccnc(CCC(C)(C)C)c3)c3c(F)cccc3n12. The molecule has 3 aromatic heterocycles. The topological polar surface area (TPSA) is 59.2 Å². The van der Waals surface area contributed by atoms with Crippen molar-refractivity contribution in [2.24, 2.45) is 5.41 Å². The molecule has 0 saturated carbocycles. The van der Waals surface area contributed by atoms with Crippen LogP contribution in [0, 0.1) is 18.2 Å². The van der Waals surface area contributed by atoms with Gasteiger partial charge in [0.2, 0.25) is 0 Å². The molecule has 168 valence electrons. The molecule has 4 rings (SSSR count). The first-order valence-electron chi connectivity index (χ1n) is 10.4. The van der Waals surface area contributed by atoms with Crippen LogP contribution in [-0.2, 0) is 6.42 Å². The van der Waals surface area contributed by atoms with Gasteiger partial charge in [-0.15, -0.1) is 10.2 Å². The number of anilines is 2. The molecule has 0 fully saturated rings. The summed E-state index contributed by atoms with van der Waals surface area (Å²) in [6.07, 6.45) is 0.509. The minimum atomic E-state index is -2.67. The Balaban J connectivity index is 1.89. The van der Waals surface area contributed by atoms with Crippen molar-refractivity contribution < 1.29 is 13.2 Å². The van der Waals surface area contributed by atoms with Gasteiger partial charge in [-0.1, -0.05) is 26.8 Å². The molecule has 3 heterocycles. The summed E-state index contributed by atoms with van der Waals surface area (Å²) in [6, 6.07) is 7.96. The molecule has 1 aromatic carbocycles. The van der Waals surface area contributed by atoms with Crippen molar-refractivity contribution >= 4 is 28.2 Å². The average Bonchev–Trinajstić information content (AvgIpc) is 3.11. The third kappa shape index (κ3) is 4.37. The summed E-state index contributed by atoms with van der Waals surface area (Å²) in [6.45, 7) is 7.48. The highest BCUT2D eigenvalue weighted by atomic mass is 19.3. The van der Waals surface area contributed by atoms with Gasteiger partial charge in [0.05, 0.1) is 17.4 Å². The molecule has 6 nitrogen and oxygen atoms in total. The maximum atomic E-state index is 15.0. The van der Waals surface area contributed by atoms with E-state index in [-0.39, 0.29) is 22.4 Å². The number of alkyl halides is 2. The molecule has 0 saturated heterocycles. The fraction of sp³-hybridized carbons (Fsp3) is 0.391. The van der Waals surface area contributed by atoms with E-state index in [4.69, 9.17) is 0 Å². The smallest absolute Gasteiger partial charge is 0.257 e. The van der Waals surface area contributed by atoms with Crippen molar-refractivity contribution in [1.82, 2.24) is 24.6 Å². The molecule has 0 aliphatic rings. The van der Waals surface area contributed by atoms with Crippen molar-refractivity contribution in [2.75, 3.05) is 11.4 Å². The zero-order valence-corrected chi connectivity index (χ0v) is 18.5. The monoisotopic (exact) mass is 442 g/mol. The number of benzene rings is 1. The minimum absolute atomic E-state index is 0.0753. The Morgan fingerprint density at radius 2 is 1.91 bits per heavy atom. The predicted octanol–water partition coefficient (Wildman–Crippen LogP) is 5.50. The third-order valence-electron chi connectivity index (χ3n) is 5.29.